The maximum Gasteiger partial charge on any atom is 0.252 e. The molecule has 2 aromatic heterocycles. The number of hydrogen-bond donors (Lipinski definition) is 2. The first-order chi connectivity index (χ1) is 11.5. The highest BCUT2D eigenvalue weighted by Gasteiger charge is 2.33. The number of rotatable bonds is 5. The first-order valence-electron chi connectivity index (χ1n) is 7.86. The predicted molar refractivity (Wildman–Crippen MR) is 90.1 cm³/mol. The van der Waals surface area contributed by atoms with Crippen molar-refractivity contribution >= 4 is 17.7 Å². The minimum absolute atomic E-state index is 0.132. The molecule has 1 aliphatic rings. The molecule has 0 spiro atoms. The zero-order chi connectivity index (χ0) is 17.1. The minimum atomic E-state index is -0.933. The number of carbonyl (C=O) groups excluding carboxylic acids is 1. The van der Waals surface area contributed by atoms with Crippen molar-refractivity contribution in [2.45, 2.75) is 18.6 Å². The van der Waals surface area contributed by atoms with Crippen molar-refractivity contribution in [3.8, 4) is 0 Å². The van der Waals surface area contributed by atoms with E-state index in [9.17, 15) is 9.18 Å². The number of nitrogens with zero attached hydrogens (tertiary/aromatic N) is 4. The maximum absolute atomic E-state index is 14.0. The smallest absolute Gasteiger partial charge is 0.252 e. The van der Waals surface area contributed by atoms with E-state index in [0.717, 1.165) is 0 Å². The molecule has 1 fully saturated rings. The number of carbonyl (C=O) groups is 1. The summed E-state index contributed by atoms with van der Waals surface area (Å²) in [4.78, 5) is 27.3. The summed E-state index contributed by atoms with van der Waals surface area (Å²) in [5.41, 5.74) is 0.563. The number of nitrogens with one attached hydrogen (secondary N) is 2. The third-order valence-electron chi connectivity index (χ3n) is 4.04. The summed E-state index contributed by atoms with van der Waals surface area (Å²) in [7, 11) is 3.71. The molecule has 1 saturated heterocycles. The lowest BCUT2D eigenvalue weighted by Crippen LogP contribution is -2.40. The molecule has 128 valence electrons. The van der Waals surface area contributed by atoms with Crippen LogP contribution < -0.4 is 15.1 Å². The zero-order valence-electron chi connectivity index (χ0n) is 13.7. The number of halogens is 1. The first kappa shape index (κ1) is 16.2. The number of H-pyrrole nitrogens is 1. The van der Waals surface area contributed by atoms with Crippen LogP contribution in [0.5, 0.6) is 0 Å². The summed E-state index contributed by atoms with van der Waals surface area (Å²) < 4.78 is 14.0. The molecule has 3 heterocycles. The fraction of sp³-hybridized carbons (Fsp3) is 0.438. The van der Waals surface area contributed by atoms with Crippen LogP contribution >= 0.6 is 0 Å². The van der Waals surface area contributed by atoms with E-state index in [1.165, 1.54) is 0 Å². The molecule has 3 rings (SSSR count). The topological polar surface area (TPSA) is 77.2 Å². The number of hydrogen-bond acceptors (Lipinski definition) is 5. The number of aromatic amines is 1. The number of alkyl halides is 1. The molecule has 1 aliphatic heterocycles. The molecule has 0 unspecified atom stereocenters. The second kappa shape index (κ2) is 6.86. The van der Waals surface area contributed by atoms with Gasteiger partial charge in [-0.3, -0.25) is 4.79 Å². The van der Waals surface area contributed by atoms with Gasteiger partial charge in [-0.15, -0.1) is 0 Å². The SMILES string of the molecule is CN(C)c1nccc(N2C[C@@H](F)C[C@H]2CNC(=O)c2cc[nH]c2)n1. The van der Waals surface area contributed by atoms with Crippen LogP contribution in [0.3, 0.4) is 0 Å². The third kappa shape index (κ3) is 3.47. The molecule has 0 aliphatic carbocycles. The van der Waals surface area contributed by atoms with Crippen molar-refractivity contribution < 1.29 is 9.18 Å². The van der Waals surface area contributed by atoms with E-state index in [1.807, 2.05) is 19.0 Å². The highest BCUT2D eigenvalue weighted by atomic mass is 19.1. The van der Waals surface area contributed by atoms with Gasteiger partial charge in [0.05, 0.1) is 18.2 Å². The zero-order valence-corrected chi connectivity index (χ0v) is 13.7. The van der Waals surface area contributed by atoms with Crippen LogP contribution in [0.4, 0.5) is 16.2 Å². The highest BCUT2D eigenvalue weighted by Crippen LogP contribution is 2.26. The molecule has 0 radical (unpaired) electrons. The Labute approximate surface area is 139 Å². The molecular weight excluding hydrogens is 311 g/mol. The van der Waals surface area contributed by atoms with Crippen molar-refractivity contribution in [1.82, 2.24) is 20.3 Å². The molecule has 0 aromatic carbocycles. The van der Waals surface area contributed by atoms with Gasteiger partial charge in [-0.05, 0) is 12.1 Å². The summed E-state index contributed by atoms with van der Waals surface area (Å²) in [6.07, 6.45) is 4.43. The van der Waals surface area contributed by atoms with Gasteiger partial charge in [0.2, 0.25) is 5.95 Å². The summed E-state index contributed by atoms with van der Waals surface area (Å²) in [6, 6.07) is 3.34. The van der Waals surface area contributed by atoms with Crippen molar-refractivity contribution in [2.75, 3.05) is 37.0 Å². The quantitative estimate of drug-likeness (QED) is 0.861. The van der Waals surface area contributed by atoms with Crippen LogP contribution in [0.15, 0.2) is 30.7 Å². The van der Waals surface area contributed by atoms with E-state index in [2.05, 4.69) is 20.3 Å². The average Bonchev–Trinajstić information content (AvgIpc) is 3.22. The van der Waals surface area contributed by atoms with E-state index in [0.29, 0.717) is 30.3 Å². The summed E-state index contributed by atoms with van der Waals surface area (Å²) in [6.45, 7) is 0.639. The Balaban J connectivity index is 1.70. The van der Waals surface area contributed by atoms with E-state index in [-0.39, 0.29) is 18.5 Å². The Bertz CT molecular complexity index is 690. The Morgan fingerprint density at radius 2 is 2.33 bits per heavy atom. The van der Waals surface area contributed by atoms with Crippen molar-refractivity contribution in [2.24, 2.45) is 0 Å². The molecule has 0 bridgehead atoms. The van der Waals surface area contributed by atoms with E-state index in [4.69, 9.17) is 0 Å². The van der Waals surface area contributed by atoms with Gasteiger partial charge in [-0.1, -0.05) is 0 Å². The first-order valence-corrected chi connectivity index (χ1v) is 7.86. The Hall–Kier alpha value is -2.64. The van der Waals surface area contributed by atoms with Gasteiger partial charge < -0.3 is 20.1 Å². The Kier molecular flexibility index (Phi) is 4.64. The summed E-state index contributed by atoms with van der Waals surface area (Å²) in [5, 5.41) is 2.86. The van der Waals surface area contributed by atoms with Crippen LogP contribution in [-0.4, -0.2) is 60.3 Å². The summed E-state index contributed by atoms with van der Waals surface area (Å²) >= 11 is 0. The second-order valence-corrected chi connectivity index (χ2v) is 6.06. The standard InChI is InChI=1S/C16H21FN6O/c1-22(2)16-19-6-4-14(21-16)23-10-12(17)7-13(23)9-20-15(24)11-3-5-18-8-11/h3-6,8,12-13,18H,7,9-10H2,1-2H3,(H,20,24)/t12-,13-/m0/s1. The van der Waals surface area contributed by atoms with Gasteiger partial charge in [0, 0.05) is 45.7 Å². The third-order valence-corrected chi connectivity index (χ3v) is 4.04. The Morgan fingerprint density at radius 1 is 1.50 bits per heavy atom. The van der Waals surface area contributed by atoms with Gasteiger partial charge in [-0.2, -0.15) is 4.98 Å². The van der Waals surface area contributed by atoms with Crippen LogP contribution in [0.25, 0.3) is 0 Å². The number of anilines is 2. The molecule has 1 amide bonds. The van der Waals surface area contributed by atoms with E-state index in [1.54, 1.807) is 35.6 Å². The fourth-order valence-electron chi connectivity index (χ4n) is 2.83. The van der Waals surface area contributed by atoms with Crippen molar-refractivity contribution in [1.29, 1.82) is 0 Å². The molecule has 24 heavy (non-hydrogen) atoms. The largest absolute Gasteiger partial charge is 0.367 e. The lowest BCUT2D eigenvalue weighted by molar-refractivity contribution is 0.0951. The molecule has 2 atom stereocenters. The molecule has 7 nitrogen and oxygen atoms in total. The van der Waals surface area contributed by atoms with Crippen LogP contribution in [0.2, 0.25) is 0 Å². The fourth-order valence-corrected chi connectivity index (χ4v) is 2.83. The lowest BCUT2D eigenvalue weighted by atomic mass is 10.2. The van der Waals surface area contributed by atoms with Crippen molar-refractivity contribution in [3.05, 3.63) is 36.3 Å². The molecular formula is C16H21FN6O. The Morgan fingerprint density at radius 3 is 3.04 bits per heavy atom. The average molecular weight is 332 g/mol. The lowest BCUT2D eigenvalue weighted by Gasteiger charge is -2.26. The highest BCUT2D eigenvalue weighted by molar-refractivity contribution is 5.93. The molecule has 2 N–H and O–H groups in total. The van der Waals surface area contributed by atoms with E-state index >= 15 is 0 Å². The normalized spacial score (nSPS) is 20.2. The van der Waals surface area contributed by atoms with Crippen LogP contribution in [0.1, 0.15) is 16.8 Å². The van der Waals surface area contributed by atoms with Gasteiger partial charge >= 0.3 is 0 Å². The number of aromatic nitrogens is 3. The predicted octanol–water partition coefficient (Wildman–Crippen LogP) is 1.22. The molecule has 8 heteroatoms. The van der Waals surface area contributed by atoms with E-state index < -0.39 is 6.17 Å². The van der Waals surface area contributed by atoms with Gasteiger partial charge in [0.15, 0.2) is 0 Å². The minimum Gasteiger partial charge on any atom is -0.367 e. The molecule has 2 aromatic rings. The van der Waals surface area contributed by atoms with Gasteiger partial charge in [0.1, 0.15) is 12.0 Å². The second-order valence-electron chi connectivity index (χ2n) is 6.06. The van der Waals surface area contributed by atoms with Crippen molar-refractivity contribution in [3.63, 3.8) is 0 Å². The van der Waals surface area contributed by atoms with Gasteiger partial charge in [-0.25, -0.2) is 9.37 Å². The van der Waals surface area contributed by atoms with Crippen LogP contribution in [0, 0.1) is 0 Å². The monoisotopic (exact) mass is 332 g/mol. The number of amides is 1. The van der Waals surface area contributed by atoms with Crippen LogP contribution in [-0.2, 0) is 0 Å². The maximum atomic E-state index is 14.0. The van der Waals surface area contributed by atoms with Gasteiger partial charge in [0.25, 0.3) is 5.91 Å². The summed E-state index contributed by atoms with van der Waals surface area (Å²) in [5.74, 6) is 1.08. The molecule has 0 saturated carbocycles.